The van der Waals surface area contributed by atoms with Gasteiger partial charge >= 0.3 is 0 Å². The van der Waals surface area contributed by atoms with Crippen molar-refractivity contribution in [3.8, 4) is 11.3 Å². The summed E-state index contributed by atoms with van der Waals surface area (Å²) in [6, 6.07) is 8.39. The molecular weight excluding hydrogens is 318 g/mol. The van der Waals surface area contributed by atoms with E-state index in [1.807, 2.05) is 17.5 Å². The van der Waals surface area contributed by atoms with Gasteiger partial charge in [0.2, 0.25) is 5.91 Å². The third-order valence-corrected chi connectivity index (χ3v) is 4.68. The van der Waals surface area contributed by atoms with Crippen molar-refractivity contribution in [1.29, 1.82) is 0 Å². The summed E-state index contributed by atoms with van der Waals surface area (Å²) in [5.41, 5.74) is 9.05. The number of hydrogen-bond acceptors (Lipinski definition) is 4. The standard InChI is InChI=1S/C16H19N3OS.ClH/c1-10-2-4-11(5-3-10)14-9-21-16(18-14)19-15(20)12-6-7-13(17)8-12;/h2-5,9,12-13H,6-8,17H2,1H3,(H,18,19,20);1H. The maximum absolute atomic E-state index is 12.2. The summed E-state index contributed by atoms with van der Waals surface area (Å²) < 4.78 is 0. The molecule has 1 aliphatic rings. The number of rotatable bonds is 3. The highest BCUT2D eigenvalue weighted by molar-refractivity contribution is 7.14. The first-order chi connectivity index (χ1) is 10.1. The zero-order chi connectivity index (χ0) is 14.8. The van der Waals surface area contributed by atoms with E-state index in [0.717, 1.165) is 30.5 Å². The summed E-state index contributed by atoms with van der Waals surface area (Å²) in [4.78, 5) is 16.6. The van der Waals surface area contributed by atoms with Crippen LogP contribution in [0.2, 0.25) is 0 Å². The van der Waals surface area contributed by atoms with Gasteiger partial charge in [-0.3, -0.25) is 4.79 Å². The van der Waals surface area contributed by atoms with Crippen LogP contribution in [0.4, 0.5) is 5.13 Å². The van der Waals surface area contributed by atoms with Gasteiger partial charge in [-0.05, 0) is 26.2 Å². The molecule has 4 nitrogen and oxygen atoms in total. The number of nitrogens with two attached hydrogens (primary N) is 1. The highest BCUT2D eigenvalue weighted by Gasteiger charge is 2.28. The van der Waals surface area contributed by atoms with Crippen LogP contribution in [0.5, 0.6) is 0 Å². The van der Waals surface area contributed by atoms with E-state index in [1.165, 1.54) is 16.9 Å². The number of thiazole rings is 1. The Kier molecular flexibility index (Phi) is 5.56. The molecule has 1 aliphatic carbocycles. The number of nitrogens with zero attached hydrogens (tertiary/aromatic N) is 1. The van der Waals surface area contributed by atoms with Crippen LogP contribution in [0.25, 0.3) is 11.3 Å². The molecule has 3 rings (SSSR count). The van der Waals surface area contributed by atoms with Crippen molar-refractivity contribution >= 4 is 34.8 Å². The summed E-state index contributed by atoms with van der Waals surface area (Å²) in [6.07, 6.45) is 2.59. The molecular formula is C16H20ClN3OS. The topological polar surface area (TPSA) is 68.0 Å². The molecule has 1 aromatic heterocycles. The number of benzene rings is 1. The van der Waals surface area contributed by atoms with Crippen LogP contribution in [0.15, 0.2) is 29.6 Å². The molecule has 2 aromatic rings. The lowest BCUT2D eigenvalue weighted by molar-refractivity contribution is -0.119. The summed E-state index contributed by atoms with van der Waals surface area (Å²) >= 11 is 1.46. The summed E-state index contributed by atoms with van der Waals surface area (Å²) in [7, 11) is 0. The van der Waals surface area contributed by atoms with E-state index < -0.39 is 0 Å². The van der Waals surface area contributed by atoms with Crippen LogP contribution in [0.3, 0.4) is 0 Å². The van der Waals surface area contributed by atoms with Gasteiger partial charge in [-0.1, -0.05) is 29.8 Å². The number of hydrogen-bond donors (Lipinski definition) is 2. The van der Waals surface area contributed by atoms with Gasteiger partial charge in [-0.25, -0.2) is 4.98 Å². The Morgan fingerprint density at radius 1 is 1.32 bits per heavy atom. The van der Waals surface area contributed by atoms with E-state index in [4.69, 9.17) is 5.73 Å². The second-order valence-electron chi connectivity index (χ2n) is 5.66. The molecule has 0 radical (unpaired) electrons. The van der Waals surface area contributed by atoms with E-state index in [2.05, 4.69) is 29.4 Å². The van der Waals surface area contributed by atoms with E-state index in [-0.39, 0.29) is 30.3 Å². The molecule has 118 valence electrons. The largest absolute Gasteiger partial charge is 0.328 e. The Hall–Kier alpha value is -1.43. The van der Waals surface area contributed by atoms with E-state index in [1.54, 1.807) is 0 Å². The number of aryl methyl sites for hydroxylation is 1. The van der Waals surface area contributed by atoms with Crippen molar-refractivity contribution < 1.29 is 4.79 Å². The molecule has 6 heteroatoms. The Labute approximate surface area is 140 Å². The maximum atomic E-state index is 12.2. The fourth-order valence-corrected chi connectivity index (χ4v) is 3.37. The summed E-state index contributed by atoms with van der Waals surface area (Å²) in [5, 5.41) is 5.55. The van der Waals surface area contributed by atoms with Gasteiger partial charge < -0.3 is 11.1 Å². The third-order valence-electron chi connectivity index (χ3n) is 3.93. The van der Waals surface area contributed by atoms with Crippen molar-refractivity contribution in [2.24, 2.45) is 11.7 Å². The van der Waals surface area contributed by atoms with E-state index >= 15 is 0 Å². The van der Waals surface area contributed by atoms with Crippen LogP contribution >= 0.6 is 23.7 Å². The second-order valence-corrected chi connectivity index (χ2v) is 6.52. The van der Waals surface area contributed by atoms with Gasteiger partial charge in [0, 0.05) is 22.9 Å². The van der Waals surface area contributed by atoms with Gasteiger partial charge in [0.05, 0.1) is 5.69 Å². The molecule has 0 spiro atoms. The van der Waals surface area contributed by atoms with Crippen molar-refractivity contribution in [3.05, 3.63) is 35.2 Å². The molecule has 0 bridgehead atoms. The SMILES string of the molecule is Cc1ccc(-c2csc(NC(=O)C3CCC(N)C3)n2)cc1.Cl. The third kappa shape index (κ3) is 3.85. The molecule has 22 heavy (non-hydrogen) atoms. The highest BCUT2D eigenvalue weighted by Crippen LogP contribution is 2.28. The fraction of sp³-hybridized carbons (Fsp3) is 0.375. The predicted octanol–water partition coefficient (Wildman–Crippen LogP) is 3.61. The number of amides is 1. The number of anilines is 1. The molecule has 2 unspecified atom stereocenters. The van der Waals surface area contributed by atoms with Crippen LogP contribution in [0, 0.1) is 12.8 Å². The Balaban J connectivity index is 0.00000176. The monoisotopic (exact) mass is 337 g/mol. The first kappa shape index (κ1) is 16.9. The van der Waals surface area contributed by atoms with Gasteiger partial charge in [-0.15, -0.1) is 23.7 Å². The first-order valence-corrected chi connectivity index (χ1v) is 8.09. The molecule has 1 fully saturated rings. The van der Waals surface area contributed by atoms with Gasteiger partial charge in [0.1, 0.15) is 0 Å². The van der Waals surface area contributed by atoms with Crippen LogP contribution in [-0.2, 0) is 4.79 Å². The van der Waals surface area contributed by atoms with E-state index in [0.29, 0.717) is 5.13 Å². The normalized spacial score (nSPS) is 20.5. The molecule has 0 saturated heterocycles. The minimum absolute atomic E-state index is 0. The number of aromatic nitrogens is 1. The molecule has 1 heterocycles. The van der Waals surface area contributed by atoms with Crippen molar-refractivity contribution in [1.82, 2.24) is 4.98 Å². The van der Waals surface area contributed by atoms with E-state index in [9.17, 15) is 4.79 Å². The summed E-state index contributed by atoms with van der Waals surface area (Å²) in [6.45, 7) is 2.06. The summed E-state index contributed by atoms with van der Waals surface area (Å²) in [5.74, 6) is 0.0829. The van der Waals surface area contributed by atoms with Gasteiger partial charge in [0.25, 0.3) is 0 Å². The van der Waals surface area contributed by atoms with Crippen LogP contribution in [0.1, 0.15) is 24.8 Å². The maximum Gasteiger partial charge on any atom is 0.229 e. The lowest BCUT2D eigenvalue weighted by atomic mass is 10.1. The van der Waals surface area contributed by atoms with Gasteiger partial charge in [-0.2, -0.15) is 0 Å². The Bertz CT molecular complexity index is 641. The van der Waals surface area contributed by atoms with Crippen LogP contribution < -0.4 is 11.1 Å². The minimum atomic E-state index is 0. The lowest BCUT2D eigenvalue weighted by Gasteiger charge is -2.08. The van der Waals surface area contributed by atoms with Crippen molar-refractivity contribution in [2.45, 2.75) is 32.2 Å². The molecule has 0 aliphatic heterocycles. The average molecular weight is 338 g/mol. The molecule has 1 aromatic carbocycles. The van der Waals surface area contributed by atoms with Crippen molar-refractivity contribution in [2.75, 3.05) is 5.32 Å². The minimum Gasteiger partial charge on any atom is -0.328 e. The predicted molar refractivity (Wildman–Crippen MR) is 93.5 cm³/mol. The smallest absolute Gasteiger partial charge is 0.229 e. The van der Waals surface area contributed by atoms with Crippen LogP contribution in [-0.4, -0.2) is 16.9 Å². The second kappa shape index (κ2) is 7.22. The average Bonchev–Trinajstić information content (AvgIpc) is 3.09. The molecule has 1 saturated carbocycles. The first-order valence-electron chi connectivity index (χ1n) is 7.21. The Morgan fingerprint density at radius 2 is 2.05 bits per heavy atom. The molecule has 3 N–H and O–H groups in total. The lowest BCUT2D eigenvalue weighted by Crippen LogP contribution is -2.23. The number of halogens is 1. The zero-order valence-electron chi connectivity index (χ0n) is 12.4. The zero-order valence-corrected chi connectivity index (χ0v) is 14.0. The van der Waals surface area contributed by atoms with Gasteiger partial charge in [0.15, 0.2) is 5.13 Å². The number of nitrogens with one attached hydrogen (secondary N) is 1. The molecule has 2 atom stereocenters. The molecule has 1 amide bonds. The number of carbonyl (C=O) groups is 1. The highest BCUT2D eigenvalue weighted by atomic mass is 35.5. The number of carbonyl (C=O) groups excluding carboxylic acids is 1. The fourth-order valence-electron chi connectivity index (χ4n) is 2.65. The Morgan fingerprint density at radius 3 is 2.68 bits per heavy atom. The quantitative estimate of drug-likeness (QED) is 0.899. The van der Waals surface area contributed by atoms with Crippen molar-refractivity contribution in [3.63, 3.8) is 0 Å².